The molecule has 1 heterocycles. The van der Waals surface area contributed by atoms with E-state index in [0.29, 0.717) is 5.69 Å². The minimum atomic E-state index is -3.33. The summed E-state index contributed by atoms with van der Waals surface area (Å²) in [6, 6.07) is 0. The second-order valence-corrected chi connectivity index (χ2v) is 5.53. The molecule has 7 nitrogen and oxygen atoms in total. The van der Waals surface area contributed by atoms with E-state index in [4.69, 9.17) is 0 Å². The lowest BCUT2D eigenvalue weighted by atomic mass is 10.3. The Hall–Kier alpha value is -1.19. The molecule has 1 aromatic heterocycles. The van der Waals surface area contributed by atoms with Crippen LogP contribution in [0.1, 0.15) is 5.69 Å². The maximum Gasteiger partial charge on any atom is 0.249 e. The van der Waals surface area contributed by atoms with E-state index in [9.17, 15) is 13.2 Å². The van der Waals surface area contributed by atoms with Crippen LogP contribution in [-0.2, 0) is 26.1 Å². The summed E-state index contributed by atoms with van der Waals surface area (Å²) >= 11 is 1.11. The van der Waals surface area contributed by atoms with Gasteiger partial charge in [0.05, 0.1) is 25.5 Å². The number of aromatic nitrogens is 1. The molecule has 0 saturated heterocycles. The minimum Gasteiger partial charge on any atom is -0.277 e. The molecule has 0 radical (unpaired) electrons. The molecule has 9 heteroatoms. The van der Waals surface area contributed by atoms with E-state index in [1.165, 1.54) is 7.11 Å². The van der Waals surface area contributed by atoms with Gasteiger partial charge in [0.25, 0.3) is 0 Å². The number of thiazole rings is 1. The van der Waals surface area contributed by atoms with E-state index in [1.807, 2.05) is 0 Å². The van der Waals surface area contributed by atoms with E-state index in [1.54, 1.807) is 5.38 Å². The maximum absolute atomic E-state index is 11.1. The van der Waals surface area contributed by atoms with Gasteiger partial charge in [-0.1, -0.05) is 0 Å². The summed E-state index contributed by atoms with van der Waals surface area (Å²) in [5.74, 6) is -0.348. The SMILES string of the molecule is CONC(=O)Cc1csc(NS(C)(=O)=O)n1. The van der Waals surface area contributed by atoms with Crippen molar-refractivity contribution in [1.29, 1.82) is 0 Å². The zero-order chi connectivity index (χ0) is 12.2. The van der Waals surface area contributed by atoms with Crippen LogP contribution in [0.4, 0.5) is 5.13 Å². The Labute approximate surface area is 96.8 Å². The van der Waals surface area contributed by atoms with Gasteiger partial charge in [0.2, 0.25) is 15.9 Å². The predicted octanol–water partition coefficient (Wildman–Crippen LogP) is -0.265. The van der Waals surface area contributed by atoms with Crippen molar-refractivity contribution in [2.75, 3.05) is 18.1 Å². The number of nitrogens with one attached hydrogen (secondary N) is 2. The van der Waals surface area contributed by atoms with E-state index in [-0.39, 0.29) is 17.5 Å². The second kappa shape index (κ2) is 5.23. The van der Waals surface area contributed by atoms with Crippen LogP contribution in [0.2, 0.25) is 0 Å². The van der Waals surface area contributed by atoms with Crippen LogP contribution in [0.5, 0.6) is 0 Å². The number of anilines is 1. The Balaban J connectivity index is 2.62. The smallest absolute Gasteiger partial charge is 0.249 e. The first-order valence-corrected chi connectivity index (χ1v) is 6.92. The van der Waals surface area contributed by atoms with Crippen molar-refractivity contribution < 1.29 is 18.0 Å². The zero-order valence-electron chi connectivity index (χ0n) is 8.68. The molecule has 0 spiro atoms. The Morgan fingerprint density at radius 1 is 1.62 bits per heavy atom. The zero-order valence-corrected chi connectivity index (χ0v) is 10.3. The molecule has 1 aromatic rings. The monoisotopic (exact) mass is 265 g/mol. The molecule has 0 aliphatic heterocycles. The maximum atomic E-state index is 11.1. The fourth-order valence-corrected chi connectivity index (χ4v) is 2.47. The highest BCUT2D eigenvalue weighted by Crippen LogP contribution is 2.16. The van der Waals surface area contributed by atoms with Crippen molar-refractivity contribution in [2.24, 2.45) is 0 Å². The summed E-state index contributed by atoms with van der Waals surface area (Å²) in [7, 11) is -2.00. The number of rotatable bonds is 5. The number of amides is 1. The van der Waals surface area contributed by atoms with Crippen molar-refractivity contribution in [2.45, 2.75) is 6.42 Å². The number of hydroxylamine groups is 1. The molecule has 1 rings (SSSR count). The third-order valence-corrected chi connectivity index (χ3v) is 2.88. The molecule has 1 amide bonds. The molecular weight excluding hydrogens is 254 g/mol. The summed E-state index contributed by atoms with van der Waals surface area (Å²) in [4.78, 5) is 19.5. The molecule has 90 valence electrons. The molecule has 0 aliphatic carbocycles. The minimum absolute atomic E-state index is 0.0375. The van der Waals surface area contributed by atoms with E-state index in [2.05, 4.69) is 20.0 Å². The standard InChI is InChI=1S/C7H11N3O4S2/c1-14-9-6(11)3-5-4-15-7(8-5)10-16(2,12)13/h4H,3H2,1-2H3,(H,8,10)(H,9,11). The quantitative estimate of drug-likeness (QED) is 0.714. The molecule has 0 aromatic carbocycles. The molecule has 2 N–H and O–H groups in total. The third-order valence-electron chi connectivity index (χ3n) is 1.38. The van der Waals surface area contributed by atoms with E-state index < -0.39 is 10.0 Å². The van der Waals surface area contributed by atoms with Crippen molar-refractivity contribution >= 4 is 32.4 Å². The number of nitrogens with zero attached hydrogens (tertiary/aromatic N) is 1. The number of carbonyl (C=O) groups excluding carboxylic acids is 1. The summed E-state index contributed by atoms with van der Waals surface area (Å²) < 4.78 is 24.0. The molecule has 0 bridgehead atoms. The third kappa shape index (κ3) is 4.55. The Kier molecular flexibility index (Phi) is 4.21. The van der Waals surface area contributed by atoms with Gasteiger partial charge in [-0.15, -0.1) is 11.3 Å². The van der Waals surface area contributed by atoms with Crippen molar-refractivity contribution in [1.82, 2.24) is 10.5 Å². The predicted molar refractivity (Wildman–Crippen MR) is 59.4 cm³/mol. The first kappa shape index (κ1) is 12.9. The number of hydrogen-bond donors (Lipinski definition) is 2. The number of hydrogen-bond acceptors (Lipinski definition) is 6. The normalized spacial score (nSPS) is 11.1. The van der Waals surface area contributed by atoms with Crippen LogP contribution in [0.25, 0.3) is 0 Å². The summed E-state index contributed by atoms with van der Waals surface area (Å²) in [5.41, 5.74) is 2.62. The Morgan fingerprint density at radius 3 is 2.88 bits per heavy atom. The van der Waals surface area contributed by atoms with Gasteiger partial charge in [-0.05, 0) is 0 Å². The molecule has 0 aliphatic rings. The van der Waals surface area contributed by atoms with Crippen molar-refractivity contribution in [3.05, 3.63) is 11.1 Å². The summed E-state index contributed by atoms with van der Waals surface area (Å²) in [6.45, 7) is 0. The molecule has 0 atom stereocenters. The lowest BCUT2D eigenvalue weighted by Crippen LogP contribution is -2.23. The summed E-state index contributed by atoms with van der Waals surface area (Å²) in [6.07, 6.45) is 1.07. The van der Waals surface area contributed by atoms with Crippen molar-refractivity contribution in [3.8, 4) is 0 Å². The van der Waals surface area contributed by atoms with Gasteiger partial charge in [-0.25, -0.2) is 18.9 Å². The highest BCUT2D eigenvalue weighted by molar-refractivity contribution is 7.92. The fraction of sp³-hybridized carbons (Fsp3) is 0.429. The number of carbonyl (C=O) groups is 1. The molecule has 16 heavy (non-hydrogen) atoms. The van der Waals surface area contributed by atoms with Crippen molar-refractivity contribution in [3.63, 3.8) is 0 Å². The second-order valence-electron chi connectivity index (χ2n) is 2.92. The van der Waals surface area contributed by atoms with Gasteiger partial charge in [-0.2, -0.15) is 0 Å². The van der Waals surface area contributed by atoms with Gasteiger partial charge in [0.1, 0.15) is 0 Å². The summed E-state index contributed by atoms with van der Waals surface area (Å²) in [5, 5.41) is 1.84. The lowest BCUT2D eigenvalue weighted by molar-refractivity contribution is -0.130. The molecule has 0 unspecified atom stereocenters. The molecular formula is C7H11N3O4S2. The van der Waals surface area contributed by atoms with Gasteiger partial charge < -0.3 is 0 Å². The Bertz CT molecular complexity index is 468. The average Bonchev–Trinajstić information content (AvgIpc) is 2.49. The largest absolute Gasteiger partial charge is 0.277 e. The van der Waals surface area contributed by atoms with E-state index >= 15 is 0 Å². The van der Waals surface area contributed by atoms with Crippen LogP contribution in [0.3, 0.4) is 0 Å². The fourth-order valence-electron chi connectivity index (χ4n) is 0.908. The topological polar surface area (TPSA) is 97.4 Å². The van der Waals surface area contributed by atoms with Crippen LogP contribution >= 0.6 is 11.3 Å². The molecule has 0 saturated carbocycles. The van der Waals surface area contributed by atoms with E-state index in [0.717, 1.165) is 17.6 Å². The van der Waals surface area contributed by atoms with Gasteiger partial charge in [0, 0.05) is 5.38 Å². The average molecular weight is 265 g/mol. The number of sulfonamides is 1. The van der Waals surface area contributed by atoms with Crippen LogP contribution in [-0.4, -0.2) is 32.7 Å². The van der Waals surface area contributed by atoms with Crippen LogP contribution in [0.15, 0.2) is 5.38 Å². The van der Waals surface area contributed by atoms with Crippen LogP contribution in [0, 0.1) is 0 Å². The van der Waals surface area contributed by atoms with Gasteiger partial charge in [0.15, 0.2) is 5.13 Å². The highest BCUT2D eigenvalue weighted by Gasteiger charge is 2.09. The first-order chi connectivity index (χ1) is 7.40. The van der Waals surface area contributed by atoms with Crippen LogP contribution < -0.4 is 10.2 Å². The Morgan fingerprint density at radius 2 is 2.31 bits per heavy atom. The van der Waals surface area contributed by atoms with Gasteiger partial charge in [-0.3, -0.25) is 14.4 Å². The molecule has 0 fully saturated rings. The van der Waals surface area contributed by atoms with Gasteiger partial charge >= 0.3 is 0 Å². The highest BCUT2D eigenvalue weighted by atomic mass is 32.2. The lowest BCUT2D eigenvalue weighted by Gasteiger charge is -1.99. The first-order valence-electron chi connectivity index (χ1n) is 4.15.